The van der Waals surface area contributed by atoms with E-state index in [9.17, 15) is 4.79 Å². The van der Waals surface area contributed by atoms with E-state index in [1.54, 1.807) is 14.0 Å². The van der Waals surface area contributed by atoms with E-state index < -0.39 is 5.82 Å². The molecule has 1 aromatic rings. The number of hydrogen-bond donors (Lipinski definition) is 1. The number of hydrogen-bond acceptors (Lipinski definition) is 4. The van der Waals surface area contributed by atoms with Crippen LogP contribution in [-0.4, -0.2) is 7.05 Å². The van der Waals surface area contributed by atoms with Crippen LogP contribution in [0, 0.1) is 6.92 Å². The molecule has 12 heavy (non-hydrogen) atoms. The van der Waals surface area contributed by atoms with E-state index in [0.29, 0.717) is 18.1 Å². The van der Waals surface area contributed by atoms with Gasteiger partial charge in [0.05, 0.1) is 6.54 Å². The van der Waals surface area contributed by atoms with Gasteiger partial charge in [0.1, 0.15) is 5.76 Å². The van der Waals surface area contributed by atoms with Crippen molar-refractivity contribution < 1.29 is 8.83 Å². The Bertz CT molecular complexity index is 262. The average molecular weight is 173 g/mol. The first kappa shape index (κ1) is 11.0. The first-order valence-corrected chi connectivity index (χ1v) is 3.98. The molecule has 0 saturated carbocycles. The standard InChI is InChI=1S/C6H9NO3.C2H6/c1-4-5(3-7-2)10-6(8)9-4;1-2/h7H,3H2,1-2H3;1-2H3. The molecule has 0 spiro atoms. The summed E-state index contributed by atoms with van der Waals surface area (Å²) >= 11 is 0. The number of aryl methyl sites for hydroxylation is 1. The van der Waals surface area contributed by atoms with Crippen molar-refractivity contribution in [2.45, 2.75) is 27.3 Å². The molecule has 0 unspecified atom stereocenters. The first-order chi connectivity index (χ1) is 5.74. The zero-order valence-corrected chi connectivity index (χ0v) is 7.93. The Balaban J connectivity index is 0.000000561. The van der Waals surface area contributed by atoms with Gasteiger partial charge in [-0.05, 0) is 14.0 Å². The normalized spacial score (nSPS) is 9.00. The van der Waals surface area contributed by atoms with Crippen molar-refractivity contribution in [1.82, 2.24) is 5.32 Å². The summed E-state index contributed by atoms with van der Waals surface area (Å²) in [6, 6.07) is 0. The van der Waals surface area contributed by atoms with Crippen molar-refractivity contribution in [3.05, 3.63) is 22.1 Å². The van der Waals surface area contributed by atoms with Gasteiger partial charge in [0, 0.05) is 0 Å². The van der Waals surface area contributed by atoms with Crippen molar-refractivity contribution in [1.29, 1.82) is 0 Å². The molecule has 0 radical (unpaired) electrons. The van der Waals surface area contributed by atoms with E-state index >= 15 is 0 Å². The molecule has 0 atom stereocenters. The van der Waals surface area contributed by atoms with E-state index in [1.165, 1.54) is 0 Å². The SMILES string of the molecule is CC.CNCc1oc(=O)oc1C. The van der Waals surface area contributed by atoms with Crippen LogP contribution in [0.3, 0.4) is 0 Å². The second kappa shape index (κ2) is 5.60. The highest BCUT2D eigenvalue weighted by molar-refractivity contribution is 4.99. The molecular formula is C8H15NO3. The first-order valence-electron chi connectivity index (χ1n) is 3.98. The minimum Gasteiger partial charge on any atom is -0.396 e. The van der Waals surface area contributed by atoms with Crippen molar-refractivity contribution in [3.63, 3.8) is 0 Å². The molecule has 0 aliphatic carbocycles. The molecule has 4 nitrogen and oxygen atoms in total. The monoisotopic (exact) mass is 173 g/mol. The zero-order chi connectivity index (χ0) is 9.56. The summed E-state index contributed by atoms with van der Waals surface area (Å²) in [5.41, 5.74) is 0. The maximum Gasteiger partial charge on any atom is 0.519 e. The van der Waals surface area contributed by atoms with Crippen molar-refractivity contribution in [2.75, 3.05) is 7.05 Å². The van der Waals surface area contributed by atoms with E-state index in [0.717, 1.165) is 0 Å². The van der Waals surface area contributed by atoms with Crippen LogP contribution >= 0.6 is 0 Å². The topological polar surface area (TPSA) is 55.4 Å². The van der Waals surface area contributed by atoms with Gasteiger partial charge in [-0.15, -0.1) is 0 Å². The van der Waals surface area contributed by atoms with E-state index in [2.05, 4.69) is 14.2 Å². The quantitative estimate of drug-likeness (QED) is 0.732. The van der Waals surface area contributed by atoms with Crippen LogP contribution < -0.4 is 11.1 Å². The fourth-order valence-corrected chi connectivity index (χ4v) is 0.696. The summed E-state index contributed by atoms with van der Waals surface area (Å²) in [6.45, 7) is 6.22. The van der Waals surface area contributed by atoms with Gasteiger partial charge < -0.3 is 14.2 Å². The smallest absolute Gasteiger partial charge is 0.396 e. The molecular weight excluding hydrogens is 158 g/mol. The molecule has 0 saturated heterocycles. The zero-order valence-electron chi connectivity index (χ0n) is 7.93. The second-order valence-electron chi connectivity index (χ2n) is 1.96. The minimum atomic E-state index is -0.636. The molecule has 70 valence electrons. The lowest BCUT2D eigenvalue weighted by molar-refractivity contribution is 0.367. The molecule has 4 heteroatoms. The van der Waals surface area contributed by atoms with E-state index in [1.807, 2.05) is 13.8 Å². The van der Waals surface area contributed by atoms with Crippen LogP contribution in [0.2, 0.25) is 0 Å². The Hall–Kier alpha value is -1.03. The molecule has 0 aliphatic heterocycles. The summed E-state index contributed by atoms with van der Waals surface area (Å²) in [7, 11) is 1.77. The fraction of sp³-hybridized carbons (Fsp3) is 0.625. The highest BCUT2D eigenvalue weighted by atomic mass is 16.6. The van der Waals surface area contributed by atoms with E-state index in [-0.39, 0.29) is 0 Å². The predicted octanol–water partition coefficient (Wildman–Crippen LogP) is 1.29. The lowest BCUT2D eigenvalue weighted by atomic mass is 10.4. The highest BCUT2D eigenvalue weighted by Gasteiger charge is 2.05. The van der Waals surface area contributed by atoms with Gasteiger partial charge in [-0.3, -0.25) is 0 Å². The van der Waals surface area contributed by atoms with Gasteiger partial charge in [0.2, 0.25) is 0 Å². The summed E-state index contributed by atoms with van der Waals surface area (Å²) < 4.78 is 9.27. The third kappa shape index (κ3) is 2.92. The van der Waals surface area contributed by atoms with Crippen LogP contribution in [0.25, 0.3) is 0 Å². The Morgan fingerprint density at radius 3 is 2.25 bits per heavy atom. The lowest BCUT2D eigenvalue weighted by Gasteiger charge is -1.90. The summed E-state index contributed by atoms with van der Waals surface area (Å²) in [4.78, 5) is 10.4. The fourth-order valence-electron chi connectivity index (χ4n) is 0.696. The van der Waals surface area contributed by atoms with Crippen molar-refractivity contribution in [2.24, 2.45) is 0 Å². The summed E-state index contributed by atoms with van der Waals surface area (Å²) in [5, 5.41) is 2.85. The van der Waals surface area contributed by atoms with Gasteiger partial charge in [0.25, 0.3) is 0 Å². The largest absolute Gasteiger partial charge is 0.519 e. The third-order valence-electron chi connectivity index (χ3n) is 1.17. The van der Waals surface area contributed by atoms with Gasteiger partial charge >= 0.3 is 5.82 Å². The Morgan fingerprint density at radius 2 is 1.92 bits per heavy atom. The van der Waals surface area contributed by atoms with Crippen molar-refractivity contribution >= 4 is 0 Å². The van der Waals surface area contributed by atoms with E-state index in [4.69, 9.17) is 0 Å². The summed E-state index contributed by atoms with van der Waals surface area (Å²) in [6.07, 6.45) is 0. The third-order valence-corrected chi connectivity index (χ3v) is 1.17. The lowest BCUT2D eigenvalue weighted by Crippen LogP contribution is -2.05. The van der Waals surface area contributed by atoms with Gasteiger partial charge in [0.15, 0.2) is 5.76 Å². The minimum absolute atomic E-state index is 0.525. The number of rotatable bonds is 2. The van der Waals surface area contributed by atoms with Crippen molar-refractivity contribution in [3.8, 4) is 0 Å². The number of nitrogens with one attached hydrogen (secondary N) is 1. The molecule has 1 aromatic heterocycles. The Labute approximate surface area is 71.6 Å². The van der Waals surface area contributed by atoms with Crippen LogP contribution in [-0.2, 0) is 6.54 Å². The van der Waals surface area contributed by atoms with Crippen LogP contribution in [0.1, 0.15) is 25.4 Å². The molecule has 1 N–H and O–H groups in total. The maximum absolute atomic E-state index is 10.4. The van der Waals surface area contributed by atoms with Crippen LogP contribution in [0.5, 0.6) is 0 Å². The predicted molar refractivity (Wildman–Crippen MR) is 46.1 cm³/mol. The molecule has 0 bridgehead atoms. The summed E-state index contributed by atoms with van der Waals surface area (Å²) in [5.74, 6) is 0.467. The van der Waals surface area contributed by atoms with Crippen LogP contribution in [0.15, 0.2) is 13.6 Å². The van der Waals surface area contributed by atoms with Gasteiger partial charge in [-0.1, -0.05) is 13.8 Å². The van der Waals surface area contributed by atoms with Gasteiger partial charge in [-0.25, -0.2) is 4.79 Å². The molecule has 0 aromatic carbocycles. The average Bonchev–Trinajstić information content (AvgIpc) is 2.35. The molecule has 0 aliphatic rings. The molecule has 1 rings (SSSR count). The Morgan fingerprint density at radius 1 is 1.33 bits per heavy atom. The maximum atomic E-state index is 10.4. The molecule has 0 fully saturated rings. The highest BCUT2D eigenvalue weighted by Crippen LogP contribution is 2.02. The molecule has 0 amide bonds. The van der Waals surface area contributed by atoms with Gasteiger partial charge in [-0.2, -0.15) is 0 Å². The van der Waals surface area contributed by atoms with Crippen LogP contribution in [0.4, 0.5) is 0 Å². The Kier molecular flexibility index (Phi) is 5.12. The second-order valence-corrected chi connectivity index (χ2v) is 1.96. The molecule has 1 heterocycles.